The van der Waals surface area contributed by atoms with E-state index in [1.54, 1.807) is 18.3 Å². The van der Waals surface area contributed by atoms with Crippen molar-refractivity contribution < 1.29 is 23.3 Å². The van der Waals surface area contributed by atoms with Crippen LogP contribution in [0.4, 0.5) is 18.9 Å². The van der Waals surface area contributed by atoms with Crippen molar-refractivity contribution >= 4 is 27.5 Å². The maximum atomic E-state index is 13.6. The lowest BCUT2D eigenvalue weighted by atomic mass is 10.1. The van der Waals surface area contributed by atoms with E-state index >= 15 is 0 Å². The Hall–Kier alpha value is -1.86. The molecule has 0 saturated heterocycles. The van der Waals surface area contributed by atoms with Crippen LogP contribution in [-0.2, 0) is 4.79 Å². The van der Waals surface area contributed by atoms with E-state index in [1.807, 2.05) is 0 Å². The second-order valence-electron chi connectivity index (χ2n) is 5.07. The summed E-state index contributed by atoms with van der Waals surface area (Å²) in [4.78, 5) is 11.9. The van der Waals surface area contributed by atoms with Crippen LogP contribution in [0.15, 0.2) is 40.9 Å². The molecular weight excluding hydrogens is 373 g/mol. The minimum Gasteiger partial charge on any atom is -0.333 e. The highest BCUT2D eigenvalue weighted by Gasteiger charge is 2.14. The van der Waals surface area contributed by atoms with Crippen molar-refractivity contribution in [2.45, 2.75) is 13.0 Å². The van der Waals surface area contributed by atoms with Crippen LogP contribution in [0.3, 0.4) is 0 Å². The molecule has 3 nitrogen and oxygen atoms in total. The number of nitrogens with one attached hydrogen (secondary N) is 1. The van der Waals surface area contributed by atoms with Gasteiger partial charge in [-0.1, -0.05) is 15.9 Å². The molecule has 1 atom stereocenters. The number of quaternary nitrogens is 1. The van der Waals surface area contributed by atoms with Gasteiger partial charge in [0.25, 0.3) is 5.91 Å². The summed E-state index contributed by atoms with van der Waals surface area (Å²) in [6, 6.07) is 7.69. The maximum absolute atomic E-state index is 13.6. The van der Waals surface area contributed by atoms with Gasteiger partial charge in [-0.25, -0.2) is 13.2 Å². The third-order valence-corrected chi connectivity index (χ3v) is 3.82. The molecule has 2 aromatic rings. The monoisotopic (exact) mass is 387 g/mol. The van der Waals surface area contributed by atoms with Crippen LogP contribution in [0.5, 0.6) is 0 Å². The molecule has 122 valence electrons. The van der Waals surface area contributed by atoms with Crippen LogP contribution in [0, 0.1) is 17.5 Å². The fraction of sp³-hybridized carbons (Fsp3) is 0.188. The van der Waals surface area contributed by atoms with Crippen LogP contribution < -0.4 is 10.6 Å². The number of rotatable bonds is 5. The van der Waals surface area contributed by atoms with Gasteiger partial charge in [0, 0.05) is 10.0 Å². The lowest BCUT2D eigenvalue weighted by molar-refractivity contribution is -0.682. The number of carbonyl (C=O) groups is 1. The van der Waals surface area contributed by atoms with E-state index in [2.05, 4.69) is 21.2 Å². The lowest BCUT2D eigenvalue weighted by Gasteiger charge is -2.12. The second kappa shape index (κ2) is 7.61. The molecule has 0 radical (unpaired) electrons. The van der Waals surface area contributed by atoms with E-state index in [4.69, 9.17) is 0 Å². The van der Waals surface area contributed by atoms with Crippen molar-refractivity contribution in [2.75, 3.05) is 11.9 Å². The van der Waals surface area contributed by atoms with E-state index < -0.39 is 17.5 Å². The number of amides is 1. The predicted molar refractivity (Wildman–Crippen MR) is 84.3 cm³/mol. The van der Waals surface area contributed by atoms with Crippen molar-refractivity contribution in [3.8, 4) is 0 Å². The Morgan fingerprint density at radius 2 is 1.87 bits per heavy atom. The Labute approximate surface area is 140 Å². The largest absolute Gasteiger partial charge is 0.333 e. The summed E-state index contributed by atoms with van der Waals surface area (Å²) in [6.07, 6.45) is 0. The van der Waals surface area contributed by atoms with Gasteiger partial charge in [-0.15, -0.1) is 0 Å². The second-order valence-corrected chi connectivity index (χ2v) is 5.99. The molecule has 0 spiro atoms. The van der Waals surface area contributed by atoms with Gasteiger partial charge >= 0.3 is 0 Å². The molecule has 0 heterocycles. The van der Waals surface area contributed by atoms with Gasteiger partial charge in [-0.05, 0) is 43.3 Å². The first kappa shape index (κ1) is 17.5. The summed E-state index contributed by atoms with van der Waals surface area (Å²) in [6.45, 7) is 1.79. The van der Waals surface area contributed by atoms with E-state index in [-0.39, 0.29) is 24.2 Å². The summed E-state index contributed by atoms with van der Waals surface area (Å²) >= 11 is 3.13. The molecule has 0 aliphatic carbocycles. The van der Waals surface area contributed by atoms with Gasteiger partial charge in [0.2, 0.25) is 0 Å². The number of halogens is 4. The van der Waals surface area contributed by atoms with Gasteiger partial charge in [-0.3, -0.25) is 4.79 Å². The summed E-state index contributed by atoms with van der Waals surface area (Å²) < 4.78 is 40.3. The van der Waals surface area contributed by atoms with E-state index in [0.29, 0.717) is 10.0 Å². The van der Waals surface area contributed by atoms with Gasteiger partial charge in [-0.2, -0.15) is 0 Å². The molecule has 0 bridgehead atoms. The molecule has 1 amide bonds. The van der Waals surface area contributed by atoms with Gasteiger partial charge in [0.1, 0.15) is 11.9 Å². The zero-order chi connectivity index (χ0) is 17.0. The van der Waals surface area contributed by atoms with Crippen LogP contribution in [0.1, 0.15) is 18.5 Å². The summed E-state index contributed by atoms with van der Waals surface area (Å²) in [5.41, 5.74) is 0.651. The average Bonchev–Trinajstić information content (AvgIpc) is 2.50. The fourth-order valence-electron chi connectivity index (χ4n) is 2.01. The van der Waals surface area contributed by atoms with Gasteiger partial charge in [0.15, 0.2) is 18.2 Å². The smallest absolute Gasteiger partial charge is 0.279 e. The summed E-state index contributed by atoms with van der Waals surface area (Å²) in [7, 11) is 0. The highest BCUT2D eigenvalue weighted by Crippen LogP contribution is 2.19. The molecular formula is C16H15BrF3N2O+. The molecule has 0 saturated carbocycles. The average molecular weight is 388 g/mol. The molecule has 23 heavy (non-hydrogen) atoms. The Morgan fingerprint density at radius 1 is 1.13 bits per heavy atom. The zero-order valence-corrected chi connectivity index (χ0v) is 13.8. The Kier molecular flexibility index (Phi) is 5.79. The first-order valence-electron chi connectivity index (χ1n) is 6.90. The Morgan fingerprint density at radius 3 is 2.52 bits per heavy atom. The topological polar surface area (TPSA) is 45.7 Å². The quantitative estimate of drug-likeness (QED) is 0.813. The number of nitrogens with two attached hydrogens (primary N) is 1. The third kappa shape index (κ3) is 4.80. The number of benzene rings is 2. The maximum Gasteiger partial charge on any atom is 0.279 e. The molecule has 0 aromatic heterocycles. The third-order valence-electron chi connectivity index (χ3n) is 3.33. The molecule has 0 aliphatic rings. The normalized spacial score (nSPS) is 12.0. The standard InChI is InChI=1S/C16H14BrF3N2O/c1-9(10-2-4-12(18)13(19)6-10)21-8-16(23)22-15-5-3-11(17)7-14(15)20/h2-7,9,21H,8H2,1H3,(H,22,23)/p+1/t9-/m0/s1. The number of carbonyl (C=O) groups excluding carboxylic acids is 1. The van der Waals surface area contributed by atoms with E-state index in [9.17, 15) is 18.0 Å². The number of hydrogen-bond acceptors (Lipinski definition) is 1. The summed E-state index contributed by atoms with van der Waals surface area (Å²) in [5.74, 6) is -2.77. The van der Waals surface area contributed by atoms with Crippen molar-refractivity contribution in [3.05, 3.63) is 63.9 Å². The summed E-state index contributed by atoms with van der Waals surface area (Å²) in [5, 5.41) is 4.12. The van der Waals surface area contributed by atoms with Crippen LogP contribution in [-0.4, -0.2) is 12.5 Å². The highest BCUT2D eigenvalue weighted by atomic mass is 79.9. The van der Waals surface area contributed by atoms with Crippen molar-refractivity contribution in [3.63, 3.8) is 0 Å². The van der Waals surface area contributed by atoms with E-state index in [1.165, 1.54) is 18.2 Å². The van der Waals surface area contributed by atoms with Crippen molar-refractivity contribution in [1.82, 2.24) is 0 Å². The molecule has 0 aliphatic heterocycles. The Balaban J connectivity index is 1.91. The number of hydrogen-bond donors (Lipinski definition) is 2. The van der Waals surface area contributed by atoms with Crippen LogP contribution in [0.2, 0.25) is 0 Å². The molecule has 0 fully saturated rings. The Bertz CT molecular complexity index is 724. The first-order chi connectivity index (χ1) is 10.9. The molecule has 7 heteroatoms. The SMILES string of the molecule is C[C@H]([NH2+]CC(=O)Nc1ccc(Br)cc1F)c1ccc(F)c(F)c1. The van der Waals surface area contributed by atoms with Gasteiger partial charge < -0.3 is 10.6 Å². The minimum atomic E-state index is -0.927. The van der Waals surface area contributed by atoms with Crippen LogP contribution in [0.25, 0.3) is 0 Å². The molecule has 2 aromatic carbocycles. The highest BCUT2D eigenvalue weighted by molar-refractivity contribution is 9.10. The minimum absolute atomic E-state index is 0.0235. The molecule has 2 rings (SSSR count). The first-order valence-corrected chi connectivity index (χ1v) is 7.69. The van der Waals surface area contributed by atoms with E-state index in [0.717, 1.165) is 12.1 Å². The van der Waals surface area contributed by atoms with Crippen molar-refractivity contribution in [1.29, 1.82) is 0 Å². The lowest BCUT2D eigenvalue weighted by Crippen LogP contribution is -2.86. The molecule has 3 N–H and O–H groups in total. The predicted octanol–water partition coefficient (Wildman–Crippen LogP) is 3.13. The molecule has 0 unspecified atom stereocenters. The zero-order valence-electron chi connectivity index (χ0n) is 12.2. The fourth-order valence-corrected chi connectivity index (χ4v) is 2.34. The number of anilines is 1. The van der Waals surface area contributed by atoms with Gasteiger partial charge in [0.05, 0.1) is 5.69 Å². The van der Waals surface area contributed by atoms with Crippen molar-refractivity contribution in [2.24, 2.45) is 0 Å². The van der Waals surface area contributed by atoms with Crippen LogP contribution >= 0.6 is 15.9 Å².